The maximum atomic E-state index is 12.2. The van der Waals surface area contributed by atoms with Gasteiger partial charge in [-0.1, -0.05) is 0 Å². The van der Waals surface area contributed by atoms with Gasteiger partial charge in [0.15, 0.2) is 5.13 Å². The monoisotopic (exact) mass is 429 g/mol. The van der Waals surface area contributed by atoms with Crippen LogP contribution in [-0.2, 0) is 4.74 Å². The van der Waals surface area contributed by atoms with Crippen molar-refractivity contribution in [3.05, 3.63) is 29.0 Å². The van der Waals surface area contributed by atoms with E-state index in [2.05, 4.69) is 36.6 Å². The Bertz CT molecular complexity index is 867. The number of ether oxygens (including phenoxy) is 1. The molecule has 30 heavy (non-hydrogen) atoms. The van der Waals surface area contributed by atoms with E-state index in [1.807, 2.05) is 13.0 Å². The normalized spacial score (nSPS) is 16.7. The number of amides is 1. The number of hydrogen-bond donors (Lipinski definition) is 2. The maximum absolute atomic E-state index is 12.2. The Hall–Kier alpha value is -2.61. The molecular weight excluding hydrogens is 402 g/mol. The van der Waals surface area contributed by atoms with E-state index in [1.54, 1.807) is 11.6 Å². The van der Waals surface area contributed by atoms with E-state index < -0.39 is 0 Å². The predicted molar refractivity (Wildman–Crippen MR) is 115 cm³/mol. The highest BCUT2D eigenvalue weighted by Crippen LogP contribution is 2.26. The van der Waals surface area contributed by atoms with Gasteiger partial charge >= 0.3 is 0 Å². The molecule has 1 saturated heterocycles. The summed E-state index contributed by atoms with van der Waals surface area (Å²) < 4.78 is 5.26. The van der Waals surface area contributed by atoms with E-state index in [0.717, 1.165) is 38.0 Å². The van der Waals surface area contributed by atoms with Gasteiger partial charge in [0.25, 0.3) is 5.91 Å². The minimum absolute atomic E-state index is 0.203. The number of likely N-dealkylation sites (tertiary alicyclic amines) is 1. The van der Waals surface area contributed by atoms with Gasteiger partial charge in [-0.25, -0.2) is 15.0 Å². The lowest BCUT2D eigenvalue weighted by Gasteiger charge is -2.30. The number of hydrogen-bond acceptors (Lipinski definition) is 9. The topological polar surface area (TPSA) is 116 Å². The average molecular weight is 430 g/mol. The first-order valence-corrected chi connectivity index (χ1v) is 11.1. The van der Waals surface area contributed by atoms with Crippen LogP contribution in [0.3, 0.4) is 0 Å². The van der Waals surface area contributed by atoms with Gasteiger partial charge in [-0.15, -0.1) is 11.3 Å². The molecule has 2 aromatic rings. The van der Waals surface area contributed by atoms with Crippen LogP contribution < -0.4 is 10.6 Å². The molecule has 0 bridgehead atoms. The van der Waals surface area contributed by atoms with Crippen molar-refractivity contribution >= 4 is 28.3 Å². The first-order chi connectivity index (χ1) is 14.7. The van der Waals surface area contributed by atoms with Crippen LogP contribution in [-0.4, -0.2) is 65.2 Å². The second-order valence-corrected chi connectivity index (χ2v) is 7.86. The molecule has 10 heteroatoms. The van der Waals surface area contributed by atoms with Crippen molar-refractivity contribution < 1.29 is 9.53 Å². The van der Waals surface area contributed by atoms with Crippen LogP contribution in [0.5, 0.6) is 0 Å². The van der Waals surface area contributed by atoms with Crippen molar-refractivity contribution in [2.45, 2.75) is 32.1 Å². The van der Waals surface area contributed by atoms with Gasteiger partial charge < -0.3 is 15.4 Å². The van der Waals surface area contributed by atoms with Gasteiger partial charge in [0.2, 0.25) is 5.95 Å². The van der Waals surface area contributed by atoms with Crippen molar-refractivity contribution in [3.63, 3.8) is 0 Å². The summed E-state index contributed by atoms with van der Waals surface area (Å²) in [4.78, 5) is 27.6. The molecule has 0 aliphatic carbocycles. The van der Waals surface area contributed by atoms with Crippen molar-refractivity contribution in [1.29, 1.82) is 5.26 Å². The van der Waals surface area contributed by atoms with Crippen LogP contribution in [0, 0.1) is 11.3 Å². The van der Waals surface area contributed by atoms with E-state index in [0.29, 0.717) is 43.1 Å². The Balaban J connectivity index is 1.55. The minimum Gasteiger partial charge on any atom is -0.382 e. The molecule has 2 aromatic heterocycles. The van der Waals surface area contributed by atoms with Crippen LogP contribution in [0.2, 0.25) is 0 Å². The largest absolute Gasteiger partial charge is 0.382 e. The maximum Gasteiger partial charge on any atom is 0.270 e. The molecule has 0 saturated carbocycles. The summed E-state index contributed by atoms with van der Waals surface area (Å²) in [6, 6.07) is 4.15. The first-order valence-electron chi connectivity index (χ1n) is 10.2. The van der Waals surface area contributed by atoms with Crippen molar-refractivity contribution in [3.8, 4) is 6.07 Å². The molecule has 3 rings (SSSR count). The van der Waals surface area contributed by atoms with E-state index in [9.17, 15) is 4.79 Å². The standard InChI is InChI=1S/C20H27N7O2S/c1-2-29-12-4-8-22-18(28)17-14-30-20(25-17)26-19-23-9-6-16(24-19)15-5-3-10-27(13-15)11-7-21/h6,9,14-15H,2-5,8,10-13H2,1H3,(H,22,28)(H,23,24,25,26)/t15-/m1/s1. The van der Waals surface area contributed by atoms with E-state index in [1.165, 1.54) is 11.3 Å². The molecule has 1 aliphatic heterocycles. The summed E-state index contributed by atoms with van der Waals surface area (Å²) in [5.41, 5.74) is 1.33. The molecule has 1 aliphatic rings. The minimum atomic E-state index is -0.203. The van der Waals surface area contributed by atoms with Crippen LogP contribution in [0.15, 0.2) is 17.6 Å². The van der Waals surface area contributed by atoms with Crippen molar-refractivity contribution in [1.82, 2.24) is 25.2 Å². The van der Waals surface area contributed by atoms with E-state index in [-0.39, 0.29) is 11.8 Å². The molecule has 3 heterocycles. The fraction of sp³-hybridized carbons (Fsp3) is 0.550. The number of nitrogens with one attached hydrogen (secondary N) is 2. The third-order valence-electron chi connectivity index (χ3n) is 4.81. The molecule has 0 spiro atoms. The smallest absolute Gasteiger partial charge is 0.270 e. The molecular formula is C20H27N7O2S. The molecule has 1 atom stereocenters. The Labute approximate surface area is 180 Å². The molecule has 160 valence electrons. The zero-order valence-electron chi connectivity index (χ0n) is 17.1. The molecule has 1 amide bonds. The molecule has 0 unspecified atom stereocenters. The van der Waals surface area contributed by atoms with Crippen molar-refractivity contribution in [2.75, 3.05) is 44.7 Å². The molecule has 1 fully saturated rings. The molecule has 0 radical (unpaired) electrons. The van der Waals surface area contributed by atoms with Gasteiger partial charge in [0, 0.05) is 43.8 Å². The fourth-order valence-corrected chi connectivity index (χ4v) is 4.03. The van der Waals surface area contributed by atoms with Gasteiger partial charge in [-0.05, 0) is 38.8 Å². The van der Waals surface area contributed by atoms with Crippen LogP contribution >= 0.6 is 11.3 Å². The number of thiazole rings is 1. The second-order valence-electron chi connectivity index (χ2n) is 7.01. The summed E-state index contributed by atoms with van der Waals surface area (Å²) in [6.45, 7) is 6.03. The van der Waals surface area contributed by atoms with E-state index in [4.69, 9.17) is 10.00 Å². The predicted octanol–water partition coefficient (Wildman–Crippen LogP) is 2.54. The van der Waals surface area contributed by atoms with Gasteiger partial charge in [-0.3, -0.25) is 9.69 Å². The fourth-order valence-electron chi connectivity index (χ4n) is 3.34. The highest BCUT2D eigenvalue weighted by molar-refractivity contribution is 7.14. The SMILES string of the molecule is CCOCCCNC(=O)c1csc(Nc2nccc([C@@H]3CCCN(CC#N)C3)n2)n1. The van der Waals surface area contributed by atoms with Gasteiger partial charge in [0.05, 0.1) is 18.3 Å². The zero-order chi connectivity index (χ0) is 21.2. The number of anilines is 2. The lowest BCUT2D eigenvalue weighted by Crippen LogP contribution is -2.34. The van der Waals surface area contributed by atoms with Gasteiger partial charge in [0.1, 0.15) is 5.69 Å². The summed E-state index contributed by atoms with van der Waals surface area (Å²) in [5, 5.41) is 17.2. The summed E-state index contributed by atoms with van der Waals surface area (Å²) in [6.07, 6.45) is 4.59. The number of rotatable bonds is 10. The average Bonchev–Trinajstić information content (AvgIpc) is 3.23. The van der Waals surface area contributed by atoms with E-state index >= 15 is 0 Å². The summed E-state index contributed by atoms with van der Waals surface area (Å²) >= 11 is 1.34. The lowest BCUT2D eigenvalue weighted by atomic mass is 9.94. The highest BCUT2D eigenvalue weighted by Gasteiger charge is 2.22. The quantitative estimate of drug-likeness (QED) is 0.437. The number of piperidine rings is 1. The van der Waals surface area contributed by atoms with Crippen LogP contribution in [0.25, 0.3) is 0 Å². The highest BCUT2D eigenvalue weighted by atomic mass is 32.1. The van der Waals surface area contributed by atoms with Gasteiger partial charge in [-0.2, -0.15) is 5.26 Å². The number of carbonyl (C=O) groups is 1. The third kappa shape index (κ3) is 6.45. The van der Waals surface area contributed by atoms with Crippen LogP contribution in [0.4, 0.5) is 11.1 Å². The Morgan fingerprint density at radius 3 is 3.20 bits per heavy atom. The lowest BCUT2D eigenvalue weighted by molar-refractivity contribution is 0.0940. The number of nitrogens with zero attached hydrogens (tertiary/aromatic N) is 5. The third-order valence-corrected chi connectivity index (χ3v) is 5.56. The molecule has 0 aromatic carbocycles. The first kappa shape index (κ1) is 22.1. The summed E-state index contributed by atoms with van der Waals surface area (Å²) in [7, 11) is 0. The molecule has 9 nitrogen and oxygen atoms in total. The number of carbonyl (C=O) groups excluding carboxylic acids is 1. The van der Waals surface area contributed by atoms with Crippen molar-refractivity contribution in [2.24, 2.45) is 0 Å². The Morgan fingerprint density at radius 1 is 1.47 bits per heavy atom. The number of aromatic nitrogens is 3. The summed E-state index contributed by atoms with van der Waals surface area (Å²) in [5.74, 6) is 0.540. The second kappa shape index (κ2) is 11.5. The van der Waals surface area contributed by atoms with Crippen LogP contribution in [0.1, 0.15) is 48.3 Å². The Kier molecular flexibility index (Phi) is 8.50. The number of nitriles is 1. The molecule has 2 N–H and O–H groups in total. The Morgan fingerprint density at radius 2 is 2.37 bits per heavy atom. The zero-order valence-corrected chi connectivity index (χ0v) is 18.0.